The summed E-state index contributed by atoms with van der Waals surface area (Å²) >= 11 is 1.85. The second-order valence-corrected chi connectivity index (χ2v) is 9.20. The highest BCUT2D eigenvalue weighted by Crippen LogP contribution is 2.56. The zero-order valence-electron chi connectivity index (χ0n) is 15.0. The topological polar surface area (TPSA) is 60.7 Å². The Morgan fingerprint density at radius 1 is 0.920 bits per heavy atom. The minimum absolute atomic E-state index is 0.246. The third-order valence-electron chi connectivity index (χ3n) is 6.25. The van der Waals surface area contributed by atoms with Crippen LogP contribution < -0.4 is 0 Å². The highest BCUT2D eigenvalue weighted by Gasteiger charge is 2.52. The van der Waals surface area contributed by atoms with Crippen LogP contribution in [0, 0.1) is 11.8 Å². The number of aliphatic hydroxyl groups excluding tert-OH is 3. The Morgan fingerprint density at radius 2 is 1.44 bits per heavy atom. The molecule has 0 spiro atoms. The second-order valence-electron chi connectivity index (χ2n) is 7.82. The van der Waals surface area contributed by atoms with Gasteiger partial charge in [-0.25, -0.2) is 0 Å². The van der Waals surface area contributed by atoms with Gasteiger partial charge in [0.25, 0.3) is 0 Å². The first-order chi connectivity index (χ1) is 12.2. The van der Waals surface area contributed by atoms with Gasteiger partial charge in [-0.05, 0) is 49.7 Å². The lowest BCUT2D eigenvalue weighted by Crippen LogP contribution is -2.51. The van der Waals surface area contributed by atoms with Crippen molar-refractivity contribution in [2.45, 2.75) is 79.6 Å². The van der Waals surface area contributed by atoms with E-state index in [2.05, 4.69) is 24.3 Å². The molecule has 25 heavy (non-hydrogen) atoms. The largest absolute Gasteiger partial charge is 0.394 e. The Morgan fingerprint density at radius 3 is 1.92 bits per heavy atom. The fourth-order valence-corrected chi connectivity index (χ4v) is 6.81. The maximum absolute atomic E-state index is 11.4. The van der Waals surface area contributed by atoms with Crippen LogP contribution in [0.1, 0.15) is 57.8 Å². The first-order valence-corrected chi connectivity index (χ1v) is 10.7. The first-order valence-electron chi connectivity index (χ1n) is 9.88. The summed E-state index contributed by atoms with van der Waals surface area (Å²) in [4.78, 5) is 1.21. The molecule has 0 aromatic heterocycles. The van der Waals surface area contributed by atoms with Crippen LogP contribution in [0.15, 0.2) is 35.2 Å². The van der Waals surface area contributed by atoms with E-state index in [4.69, 9.17) is 0 Å². The van der Waals surface area contributed by atoms with Crippen LogP contribution in [0.4, 0.5) is 0 Å². The molecule has 140 valence electrons. The SMILES string of the molecule is OC[C@H](O)C[C@H](O)C(Sc1ccccc1)(C1CCCC1)C1CCCC1. The number of thioether (sulfide) groups is 1. The van der Waals surface area contributed by atoms with Crippen LogP contribution in [-0.4, -0.2) is 38.9 Å². The monoisotopic (exact) mass is 364 g/mol. The normalized spacial score (nSPS) is 22.4. The Hall–Kier alpha value is -0.550. The minimum Gasteiger partial charge on any atom is -0.394 e. The smallest absolute Gasteiger partial charge is 0.0796 e. The number of benzene rings is 1. The number of rotatable bonds is 8. The van der Waals surface area contributed by atoms with Gasteiger partial charge in [0.2, 0.25) is 0 Å². The summed E-state index contributed by atoms with van der Waals surface area (Å²) in [6.45, 7) is -0.279. The van der Waals surface area contributed by atoms with E-state index in [0.717, 1.165) is 0 Å². The van der Waals surface area contributed by atoms with Crippen molar-refractivity contribution in [3.05, 3.63) is 30.3 Å². The van der Waals surface area contributed by atoms with Crippen molar-refractivity contribution in [2.24, 2.45) is 11.8 Å². The van der Waals surface area contributed by atoms with Crippen LogP contribution in [0.3, 0.4) is 0 Å². The van der Waals surface area contributed by atoms with E-state index in [9.17, 15) is 15.3 Å². The quantitative estimate of drug-likeness (QED) is 0.610. The summed E-state index contributed by atoms with van der Waals surface area (Å²) in [6.07, 6.45) is 8.47. The molecule has 0 saturated heterocycles. The van der Waals surface area contributed by atoms with Crippen molar-refractivity contribution in [2.75, 3.05) is 6.61 Å². The third-order valence-corrected chi connectivity index (χ3v) is 8.05. The van der Waals surface area contributed by atoms with Crippen molar-refractivity contribution < 1.29 is 15.3 Å². The standard InChI is InChI=1S/C21H32O3S/c22-15-18(23)14-20(24)21(16-8-4-5-9-16,17-10-6-7-11-17)25-19-12-2-1-3-13-19/h1-3,12-13,16-18,20,22-24H,4-11,14-15H2/t18-,20+/m1/s1. The van der Waals surface area contributed by atoms with Gasteiger partial charge in [-0.3, -0.25) is 0 Å². The minimum atomic E-state index is -0.839. The van der Waals surface area contributed by atoms with E-state index in [1.54, 1.807) is 0 Å². The van der Waals surface area contributed by atoms with Crippen molar-refractivity contribution >= 4 is 11.8 Å². The van der Waals surface area contributed by atoms with Crippen LogP contribution in [0.5, 0.6) is 0 Å². The maximum Gasteiger partial charge on any atom is 0.0796 e. The molecule has 1 aromatic carbocycles. The first kappa shape index (κ1) is 19.2. The predicted octanol–water partition coefficient (Wildman–Crippen LogP) is 4.00. The van der Waals surface area contributed by atoms with Gasteiger partial charge >= 0.3 is 0 Å². The highest BCUT2D eigenvalue weighted by molar-refractivity contribution is 8.00. The second kappa shape index (κ2) is 8.90. The average molecular weight is 365 g/mol. The molecule has 2 atom stereocenters. The van der Waals surface area contributed by atoms with E-state index in [1.807, 2.05) is 17.8 Å². The summed E-state index contributed by atoms with van der Waals surface area (Å²) in [6, 6.07) is 10.4. The molecule has 0 bridgehead atoms. The van der Waals surface area contributed by atoms with E-state index >= 15 is 0 Å². The number of hydrogen-bond donors (Lipinski definition) is 3. The molecule has 3 N–H and O–H groups in total. The van der Waals surface area contributed by atoms with Gasteiger partial charge in [0.15, 0.2) is 0 Å². The van der Waals surface area contributed by atoms with Crippen LogP contribution >= 0.6 is 11.8 Å². The van der Waals surface area contributed by atoms with Gasteiger partial charge in [0, 0.05) is 11.3 Å². The van der Waals surface area contributed by atoms with Gasteiger partial charge in [-0.15, -0.1) is 11.8 Å². The highest BCUT2D eigenvalue weighted by atomic mass is 32.2. The average Bonchev–Trinajstić information content (AvgIpc) is 3.34. The fraction of sp³-hybridized carbons (Fsp3) is 0.714. The van der Waals surface area contributed by atoms with Crippen molar-refractivity contribution in [3.8, 4) is 0 Å². The molecule has 2 aliphatic rings. The molecular weight excluding hydrogens is 332 g/mol. The fourth-order valence-electron chi connectivity index (χ4n) is 5.08. The van der Waals surface area contributed by atoms with Crippen LogP contribution in [0.2, 0.25) is 0 Å². The molecule has 3 nitrogen and oxygen atoms in total. The van der Waals surface area contributed by atoms with E-state index < -0.39 is 12.2 Å². The molecule has 0 heterocycles. The van der Waals surface area contributed by atoms with E-state index in [0.29, 0.717) is 11.8 Å². The molecule has 4 heteroatoms. The molecule has 2 aliphatic carbocycles. The van der Waals surface area contributed by atoms with Crippen molar-refractivity contribution in [1.29, 1.82) is 0 Å². The van der Waals surface area contributed by atoms with Gasteiger partial charge < -0.3 is 15.3 Å². The lowest BCUT2D eigenvalue weighted by atomic mass is 9.73. The predicted molar refractivity (Wildman–Crippen MR) is 103 cm³/mol. The Balaban J connectivity index is 1.95. The molecule has 0 unspecified atom stereocenters. The van der Waals surface area contributed by atoms with Crippen LogP contribution in [-0.2, 0) is 0 Å². The molecule has 1 aromatic rings. The molecule has 0 amide bonds. The Bertz CT molecular complexity index is 493. The summed E-state index contributed by atoms with van der Waals surface area (Å²) in [5.41, 5.74) is 0. The lowest BCUT2D eigenvalue weighted by Gasteiger charge is -2.47. The van der Waals surface area contributed by atoms with Crippen molar-refractivity contribution in [3.63, 3.8) is 0 Å². The molecule has 0 aliphatic heterocycles. The molecule has 3 rings (SSSR count). The zero-order chi connectivity index (χ0) is 17.7. The molecule has 0 radical (unpaired) electrons. The summed E-state index contributed by atoms with van der Waals surface area (Å²) < 4.78 is -0.246. The lowest BCUT2D eigenvalue weighted by molar-refractivity contribution is 0.000859. The van der Waals surface area contributed by atoms with Gasteiger partial charge in [0.1, 0.15) is 0 Å². The Kier molecular flexibility index (Phi) is 6.84. The molecule has 2 fully saturated rings. The maximum atomic E-state index is 11.4. The molecule has 2 saturated carbocycles. The summed E-state index contributed by atoms with van der Waals surface area (Å²) in [5.74, 6) is 0.975. The number of aliphatic hydroxyl groups is 3. The van der Waals surface area contributed by atoms with Gasteiger partial charge in [-0.1, -0.05) is 43.9 Å². The van der Waals surface area contributed by atoms with E-state index in [1.165, 1.54) is 56.3 Å². The van der Waals surface area contributed by atoms with E-state index in [-0.39, 0.29) is 17.8 Å². The van der Waals surface area contributed by atoms with Crippen molar-refractivity contribution in [1.82, 2.24) is 0 Å². The summed E-state index contributed by atoms with van der Waals surface area (Å²) in [7, 11) is 0. The zero-order valence-corrected chi connectivity index (χ0v) is 15.8. The number of hydrogen-bond acceptors (Lipinski definition) is 4. The van der Waals surface area contributed by atoms with Crippen LogP contribution in [0.25, 0.3) is 0 Å². The van der Waals surface area contributed by atoms with Gasteiger partial charge in [-0.2, -0.15) is 0 Å². The van der Waals surface area contributed by atoms with Gasteiger partial charge in [0.05, 0.1) is 23.6 Å². The molecular formula is C21H32O3S. The third kappa shape index (κ3) is 4.24. The Labute approximate surface area is 155 Å². The summed E-state index contributed by atoms with van der Waals surface area (Å²) in [5, 5.41) is 30.7.